The molecule has 6 amide bonds. The number of likely N-dealkylation sites (tertiary alicyclic amines) is 1. The molecule has 0 aliphatic carbocycles. The molecule has 3 heterocycles. The molecule has 65 heavy (non-hydrogen) atoms. The van der Waals surface area contributed by atoms with Crippen LogP contribution in [0.2, 0.25) is 0 Å². The molecule has 1 aliphatic rings. The minimum atomic E-state index is -4.80. The summed E-state index contributed by atoms with van der Waals surface area (Å²) >= 11 is 0. The predicted octanol–water partition coefficient (Wildman–Crippen LogP) is 2.19. The van der Waals surface area contributed by atoms with Gasteiger partial charge in [-0.2, -0.15) is 0 Å². The highest BCUT2D eigenvalue weighted by molar-refractivity contribution is 7.47. The van der Waals surface area contributed by atoms with E-state index in [4.69, 9.17) is 19.2 Å². The fourth-order valence-electron chi connectivity index (χ4n) is 8.00. The van der Waals surface area contributed by atoms with Crippen molar-refractivity contribution in [2.24, 2.45) is 11.7 Å². The third kappa shape index (κ3) is 15.3. The Labute approximate surface area is 379 Å². The van der Waals surface area contributed by atoms with Crippen LogP contribution in [0.3, 0.4) is 0 Å². The number of aromatic nitrogens is 2. The van der Waals surface area contributed by atoms with E-state index in [1.165, 1.54) is 25.0 Å². The maximum Gasteiger partial charge on any atom is 0.472 e. The monoisotopic (exact) mass is 928 g/mol. The molecule has 3 aromatic rings. The molecule has 1 aromatic carbocycles. The third-order valence-electron chi connectivity index (χ3n) is 11.3. The van der Waals surface area contributed by atoms with Gasteiger partial charge in [0, 0.05) is 43.7 Å². The van der Waals surface area contributed by atoms with E-state index in [1.54, 1.807) is 24.7 Å². The van der Waals surface area contributed by atoms with Gasteiger partial charge in [0.1, 0.15) is 36.0 Å². The third-order valence-corrected chi connectivity index (χ3v) is 12.4. The molecule has 0 bridgehead atoms. The number of phosphoric ester groups is 1. The summed E-state index contributed by atoms with van der Waals surface area (Å²) in [6, 6.07) is 6.41. The quantitative estimate of drug-likeness (QED) is 0.0601. The van der Waals surface area contributed by atoms with Gasteiger partial charge in [0.15, 0.2) is 0 Å². The van der Waals surface area contributed by atoms with Crippen LogP contribution in [-0.2, 0) is 60.8 Å². The van der Waals surface area contributed by atoms with E-state index in [0.717, 1.165) is 5.56 Å². The number of amides is 6. The van der Waals surface area contributed by atoms with E-state index in [2.05, 4.69) is 33.2 Å². The Hall–Kier alpha value is -5.40. The van der Waals surface area contributed by atoms with Gasteiger partial charge in [-0.15, -0.1) is 0 Å². The van der Waals surface area contributed by atoms with Gasteiger partial charge in [-0.3, -0.25) is 37.8 Å². The van der Waals surface area contributed by atoms with Crippen molar-refractivity contribution in [3.63, 3.8) is 0 Å². The van der Waals surface area contributed by atoms with Crippen LogP contribution in [-0.4, -0.2) is 116 Å². The summed E-state index contributed by atoms with van der Waals surface area (Å²) in [7, 11) is -4.80. The number of carbonyl (C=O) groups is 6. The van der Waals surface area contributed by atoms with Crippen LogP contribution >= 0.6 is 7.82 Å². The summed E-state index contributed by atoms with van der Waals surface area (Å²) in [5.41, 5.74) is 6.64. The first kappa shape index (κ1) is 52.2. The Morgan fingerprint density at radius 3 is 2.23 bits per heavy atom. The van der Waals surface area contributed by atoms with Gasteiger partial charge < -0.3 is 50.9 Å². The SMILES string of the molecule is CC(=O)N1CCCC1C(=O)NC(CC(C)C)C(=O)NC(Cc1cncn1C(C)(C)CC(C)c1ccccc1)C(=O)NC(CO)C(=O)NC(C(N)=O)C(C)OP(=O)(O)OCCc1ccco1. The highest BCUT2D eigenvalue weighted by Crippen LogP contribution is 2.45. The molecule has 8 atom stereocenters. The number of nitrogens with two attached hydrogens (primary N) is 1. The van der Waals surface area contributed by atoms with E-state index < -0.39 is 85.8 Å². The van der Waals surface area contributed by atoms with E-state index >= 15 is 0 Å². The largest absolute Gasteiger partial charge is 0.472 e. The van der Waals surface area contributed by atoms with E-state index in [0.29, 0.717) is 37.3 Å². The summed E-state index contributed by atoms with van der Waals surface area (Å²) in [5, 5.41) is 20.6. The number of hydrogen-bond donors (Lipinski definition) is 7. The minimum Gasteiger partial charge on any atom is -0.469 e. The van der Waals surface area contributed by atoms with Gasteiger partial charge in [0.25, 0.3) is 0 Å². The number of carbonyl (C=O) groups excluding carboxylic acids is 6. The molecule has 1 saturated heterocycles. The zero-order valence-electron chi connectivity index (χ0n) is 38.1. The average molecular weight is 929 g/mol. The normalized spacial score (nSPS) is 17.8. The number of benzene rings is 1. The molecule has 1 fully saturated rings. The Morgan fingerprint density at radius 1 is 0.954 bits per heavy atom. The molecule has 0 saturated carbocycles. The van der Waals surface area contributed by atoms with Crippen LogP contribution in [0.25, 0.3) is 0 Å². The fraction of sp³-hybridized carbons (Fsp3) is 0.568. The summed E-state index contributed by atoms with van der Waals surface area (Å²) in [6.45, 7) is 11.5. The number of nitrogens with zero attached hydrogens (tertiary/aromatic N) is 3. The Kier molecular flexibility index (Phi) is 19.0. The average Bonchev–Trinajstić information content (AvgIpc) is 4.04. The number of aliphatic hydroxyl groups is 1. The lowest BCUT2D eigenvalue weighted by Gasteiger charge is -2.33. The summed E-state index contributed by atoms with van der Waals surface area (Å²) in [6.07, 6.45) is 4.90. The molecule has 0 spiro atoms. The van der Waals surface area contributed by atoms with E-state index in [-0.39, 0.29) is 43.6 Å². The lowest BCUT2D eigenvalue weighted by molar-refractivity contribution is -0.139. The van der Waals surface area contributed by atoms with Gasteiger partial charge in [-0.25, -0.2) is 9.55 Å². The Balaban J connectivity index is 1.57. The number of hydrogen-bond acceptors (Lipinski definition) is 12. The van der Waals surface area contributed by atoms with Crippen molar-refractivity contribution in [3.05, 3.63) is 78.3 Å². The summed E-state index contributed by atoms with van der Waals surface area (Å²) in [5.74, 6) is -4.21. The van der Waals surface area contributed by atoms with Crippen molar-refractivity contribution in [2.75, 3.05) is 19.8 Å². The number of phosphoric acid groups is 1. The second-order valence-corrected chi connectivity index (χ2v) is 18.9. The summed E-state index contributed by atoms with van der Waals surface area (Å²) < 4.78 is 29.9. The van der Waals surface area contributed by atoms with Crippen LogP contribution in [0.5, 0.6) is 0 Å². The zero-order valence-corrected chi connectivity index (χ0v) is 39.0. The molecular weight excluding hydrogens is 864 g/mol. The van der Waals surface area contributed by atoms with Crippen molar-refractivity contribution < 1.29 is 56.8 Å². The van der Waals surface area contributed by atoms with E-state index in [9.17, 15) is 43.3 Å². The topological polar surface area (TPSA) is 287 Å². The van der Waals surface area contributed by atoms with Crippen molar-refractivity contribution in [3.8, 4) is 0 Å². The predicted molar refractivity (Wildman–Crippen MR) is 237 cm³/mol. The number of furan rings is 1. The number of imidazole rings is 1. The maximum absolute atomic E-state index is 14.3. The molecule has 21 heteroatoms. The highest BCUT2D eigenvalue weighted by Gasteiger charge is 2.38. The number of rotatable bonds is 25. The van der Waals surface area contributed by atoms with Gasteiger partial charge in [-0.05, 0) is 76.0 Å². The van der Waals surface area contributed by atoms with Crippen LogP contribution in [0.15, 0.2) is 65.7 Å². The van der Waals surface area contributed by atoms with Gasteiger partial charge >= 0.3 is 7.82 Å². The highest BCUT2D eigenvalue weighted by atomic mass is 31.2. The molecule has 8 unspecified atom stereocenters. The van der Waals surface area contributed by atoms with Crippen LogP contribution in [0.4, 0.5) is 0 Å². The standard InChI is InChI=1S/C44H65N8O12P/c1-27(2)21-34(48-43(59)37-16-11-18-51(37)30(5)54)40(56)47-35(22-32-24-46-26-52(32)44(6,7)23-28(3)31-13-9-8-10-14-31)41(57)49-36(25-53)42(58)50-38(39(45)55)29(4)64-65(60,61)63-20-17-33-15-12-19-62-33/h8-10,12-15,19,24,26-29,34-38,53H,11,16-18,20-23,25H2,1-7H3,(H2,45,55)(H,47,56)(H,48,59)(H,49,57)(H,50,58)(H,60,61). The van der Waals surface area contributed by atoms with Crippen LogP contribution in [0.1, 0.15) is 97.1 Å². The second kappa shape index (κ2) is 23.7. The maximum atomic E-state index is 14.3. The molecule has 4 rings (SSSR count). The van der Waals surface area contributed by atoms with Gasteiger partial charge in [0.05, 0.1) is 31.9 Å². The lowest BCUT2D eigenvalue weighted by atomic mass is 9.86. The van der Waals surface area contributed by atoms with E-state index in [1.807, 2.05) is 62.6 Å². The first-order valence-corrected chi connectivity index (χ1v) is 23.3. The molecule has 1 aliphatic heterocycles. The van der Waals surface area contributed by atoms with Crippen molar-refractivity contribution in [1.82, 2.24) is 35.7 Å². The first-order chi connectivity index (χ1) is 30.6. The molecular formula is C44H65N8O12P. The number of aliphatic hydroxyl groups excluding tert-OH is 1. The zero-order chi connectivity index (χ0) is 48.1. The van der Waals surface area contributed by atoms with Crippen molar-refractivity contribution >= 4 is 43.3 Å². The minimum absolute atomic E-state index is 0.0975. The lowest BCUT2D eigenvalue weighted by Crippen LogP contribution is -2.61. The number of nitrogens with one attached hydrogen (secondary N) is 4. The molecule has 20 nitrogen and oxygen atoms in total. The Bertz CT molecular complexity index is 2110. The smallest absolute Gasteiger partial charge is 0.469 e. The summed E-state index contributed by atoms with van der Waals surface area (Å²) in [4.78, 5) is 96.7. The molecule has 8 N–H and O–H groups in total. The van der Waals surface area contributed by atoms with Crippen molar-refractivity contribution in [1.29, 1.82) is 0 Å². The molecule has 358 valence electrons. The van der Waals surface area contributed by atoms with Gasteiger partial charge in [0.2, 0.25) is 35.4 Å². The number of primary amides is 1. The second-order valence-electron chi connectivity index (χ2n) is 17.5. The van der Waals surface area contributed by atoms with Gasteiger partial charge in [-0.1, -0.05) is 51.1 Å². The Morgan fingerprint density at radius 2 is 1.62 bits per heavy atom. The fourth-order valence-corrected chi connectivity index (χ4v) is 8.93. The van der Waals surface area contributed by atoms with Crippen LogP contribution < -0.4 is 27.0 Å². The van der Waals surface area contributed by atoms with Crippen molar-refractivity contribution in [2.45, 2.75) is 135 Å². The molecule has 0 radical (unpaired) electrons. The first-order valence-electron chi connectivity index (χ1n) is 21.8. The molecule has 2 aromatic heterocycles. The van der Waals surface area contributed by atoms with Crippen LogP contribution in [0, 0.1) is 5.92 Å².